The van der Waals surface area contributed by atoms with Crippen molar-refractivity contribution in [3.8, 4) is 0 Å². The van der Waals surface area contributed by atoms with Crippen molar-refractivity contribution < 1.29 is 14.4 Å². The van der Waals surface area contributed by atoms with Crippen LogP contribution in [0.3, 0.4) is 0 Å². The van der Waals surface area contributed by atoms with Gasteiger partial charge in [0.05, 0.1) is 0 Å². The third-order valence-corrected chi connectivity index (χ3v) is 4.29. The molecule has 0 radical (unpaired) electrons. The molecular formula is C18H26N4O3. The van der Waals surface area contributed by atoms with E-state index in [1.54, 1.807) is 24.3 Å². The molecule has 25 heavy (non-hydrogen) atoms. The summed E-state index contributed by atoms with van der Waals surface area (Å²) in [4.78, 5) is 39.1. The van der Waals surface area contributed by atoms with Crippen LogP contribution in [0.1, 0.15) is 30.6 Å². The van der Waals surface area contributed by atoms with Crippen LogP contribution in [0.5, 0.6) is 0 Å². The molecule has 7 heteroatoms. The van der Waals surface area contributed by atoms with E-state index in [0.29, 0.717) is 37.3 Å². The number of carbonyl (C=O) groups excluding carboxylic acids is 3. The largest absolute Gasteiger partial charge is 0.366 e. The van der Waals surface area contributed by atoms with E-state index < -0.39 is 5.91 Å². The Kier molecular flexibility index (Phi) is 6.52. The number of amides is 3. The molecule has 1 fully saturated rings. The maximum absolute atomic E-state index is 12.0. The van der Waals surface area contributed by atoms with Crippen LogP contribution in [0.25, 0.3) is 0 Å². The second-order valence-electron chi connectivity index (χ2n) is 6.56. The molecule has 7 nitrogen and oxygen atoms in total. The van der Waals surface area contributed by atoms with Gasteiger partial charge in [0.2, 0.25) is 17.7 Å². The third-order valence-electron chi connectivity index (χ3n) is 4.29. The van der Waals surface area contributed by atoms with Crippen molar-refractivity contribution in [3.63, 3.8) is 0 Å². The zero-order chi connectivity index (χ0) is 18.4. The summed E-state index contributed by atoms with van der Waals surface area (Å²) in [5.74, 6) is -0.351. The number of rotatable bonds is 6. The smallest absolute Gasteiger partial charge is 0.248 e. The molecule has 0 aliphatic carbocycles. The van der Waals surface area contributed by atoms with Crippen molar-refractivity contribution >= 4 is 23.4 Å². The predicted octanol–water partition coefficient (Wildman–Crippen LogP) is 0.914. The van der Waals surface area contributed by atoms with E-state index in [9.17, 15) is 14.4 Å². The summed E-state index contributed by atoms with van der Waals surface area (Å²) in [6.45, 7) is 7.50. The first-order valence-electron chi connectivity index (χ1n) is 8.57. The second kappa shape index (κ2) is 8.62. The highest BCUT2D eigenvalue weighted by Gasteiger charge is 2.22. The van der Waals surface area contributed by atoms with Crippen LogP contribution in [0.2, 0.25) is 0 Å². The summed E-state index contributed by atoms with van der Waals surface area (Å²) in [5, 5.41) is 2.81. The molecule has 0 aromatic heterocycles. The zero-order valence-corrected chi connectivity index (χ0v) is 14.8. The fraction of sp³-hybridized carbons (Fsp3) is 0.500. The highest BCUT2D eigenvalue weighted by molar-refractivity contribution is 5.94. The average molecular weight is 346 g/mol. The molecule has 136 valence electrons. The topological polar surface area (TPSA) is 95.7 Å². The van der Waals surface area contributed by atoms with E-state index in [4.69, 9.17) is 5.73 Å². The maximum atomic E-state index is 12.0. The minimum atomic E-state index is -0.493. The number of hydrogen-bond acceptors (Lipinski definition) is 4. The monoisotopic (exact) mass is 346 g/mol. The lowest BCUT2D eigenvalue weighted by Crippen LogP contribution is -2.50. The molecule has 1 heterocycles. The number of hydrogen-bond donors (Lipinski definition) is 2. The molecule has 3 amide bonds. The van der Waals surface area contributed by atoms with Crippen molar-refractivity contribution in [2.75, 3.05) is 38.0 Å². The Balaban J connectivity index is 1.72. The van der Waals surface area contributed by atoms with Gasteiger partial charge in [-0.2, -0.15) is 0 Å². The lowest BCUT2D eigenvalue weighted by molar-refractivity contribution is -0.136. The summed E-state index contributed by atoms with van der Waals surface area (Å²) < 4.78 is 0. The minimum absolute atomic E-state index is 0.0262. The van der Waals surface area contributed by atoms with Crippen LogP contribution < -0.4 is 11.1 Å². The number of benzene rings is 1. The fourth-order valence-corrected chi connectivity index (χ4v) is 2.76. The van der Waals surface area contributed by atoms with E-state index in [-0.39, 0.29) is 17.7 Å². The molecule has 0 saturated carbocycles. The van der Waals surface area contributed by atoms with E-state index >= 15 is 0 Å². The van der Waals surface area contributed by atoms with E-state index in [0.717, 1.165) is 13.1 Å². The standard InChI is InChI=1S/C18H26N4O3/c1-13(2)18(25)22-11-9-21(10-12-22)8-7-16(23)20-15-5-3-14(4-6-15)17(19)24/h3-6,13H,7-12H2,1-2H3,(H2,19,24)(H,20,23). The first-order chi connectivity index (χ1) is 11.9. The van der Waals surface area contributed by atoms with Gasteiger partial charge in [-0.05, 0) is 24.3 Å². The van der Waals surface area contributed by atoms with Gasteiger partial charge in [0.15, 0.2) is 0 Å². The second-order valence-corrected chi connectivity index (χ2v) is 6.56. The Morgan fingerprint density at radius 1 is 1.08 bits per heavy atom. The summed E-state index contributed by atoms with van der Waals surface area (Å²) >= 11 is 0. The van der Waals surface area contributed by atoms with Gasteiger partial charge in [-0.25, -0.2) is 0 Å². The van der Waals surface area contributed by atoms with Crippen LogP contribution in [0.15, 0.2) is 24.3 Å². The summed E-state index contributed by atoms with van der Waals surface area (Å²) in [6.07, 6.45) is 0.385. The number of primary amides is 1. The van der Waals surface area contributed by atoms with Crippen LogP contribution >= 0.6 is 0 Å². The third kappa shape index (κ3) is 5.56. The molecular weight excluding hydrogens is 320 g/mol. The molecule has 0 unspecified atom stereocenters. The van der Waals surface area contributed by atoms with E-state index in [2.05, 4.69) is 10.2 Å². The van der Waals surface area contributed by atoms with Gasteiger partial charge in [-0.3, -0.25) is 19.3 Å². The van der Waals surface area contributed by atoms with Crippen molar-refractivity contribution in [1.29, 1.82) is 0 Å². The van der Waals surface area contributed by atoms with Crippen molar-refractivity contribution in [1.82, 2.24) is 9.80 Å². The first-order valence-corrected chi connectivity index (χ1v) is 8.57. The van der Waals surface area contributed by atoms with Gasteiger partial charge < -0.3 is 16.0 Å². The lowest BCUT2D eigenvalue weighted by atomic mass is 10.1. The zero-order valence-electron chi connectivity index (χ0n) is 14.8. The van der Waals surface area contributed by atoms with Crippen molar-refractivity contribution in [2.45, 2.75) is 20.3 Å². The highest BCUT2D eigenvalue weighted by atomic mass is 16.2. The molecule has 3 N–H and O–H groups in total. The van der Waals surface area contributed by atoms with Crippen LogP contribution in [-0.4, -0.2) is 60.2 Å². The van der Waals surface area contributed by atoms with Gasteiger partial charge in [-0.1, -0.05) is 13.8 Å². The van der Waals surface area contributed by atoms with Gasteiger partial charge in [0, 0.05) is 56.3 Å². The number of anilines is 1. The Morgan fingerprint density at radius 3 is 2.20 bits per heavy atom. The Morgan fingerprint density at radius 2 is 1.68 bits per heavy atom. The molecule has 1 aromatic carbocycles. The molecule has 1 aliphatic heterocycles. The van der Waals surface area contributed by atoms with E-state index in [1.807, 2.05) is 18.7 Å². The number of nitrogens with one attached hydrogen (secondary N) is 1. The predicted molar refractivity (Wildman–Crippen MR) is 96.1 cm³/mol. The minimum Gasteiger partial charge on any atom is -0.366 e. The van der Waals surface area contributed by atoms with Crippen LogP contribution in [0, 0.1) is 5.92 Å². The lowest BCUT2D eigenvalue weighted by Gasteiger charge is -2.35. The highest BCUT2D eigenvalue weighted by Crippen LogP contribution is 2.11. The van der Waals surface area contributed by atoms with E-state index in [1.165, 1.54) is 0 Å². The van der Waals surface area contributed by atoms with Crippen LogP contribution in [0.4, 0.5) is 5.69 Å². The van der Waals surface area contributed by atoms with Gasteiger partial charge in [-0.15, -0.1) is 0 Å². The normalized spacial score (nSPS) is 15.2. The molecule has 0 bridgehead atoms. The molecule has 1 saturated heterocycles. The molecule has 0 atom stereocenters. The Hall–Kier alpha value is -2.41. The quantitative estimate of drug-likeness (QED) is 0.800. The van der Waals surface area contributed by atoms with Crippen molar-refractivity contribution in [3.05, 3.63) is 29.8 Å². The number of nitrogens with zero attached hydrogens (tertiary/aromatic N) is 2. The van der Waals surface area contributed by atoms with Gasteiger partial charge in [0.1, 0.15) is 0 Å². The molecule has 1 aromatic rings. The maximum Gasteiger partial charge on any atom is 0.248 e. The van der Waals surface area contributed by atoms with Crippen molar-refractivity contribution in [2.24, 2.45) is 11.7 Å². The average Bonchev–Trinajstić information content (AvgIpc) is 2.60. The fourth-order valence-electron chi connectivity index (χ4n) is 2.76. The van der Waals surface area contributed by atoms with Crippen LogP contribution in [-0.2, 0) is 9.59 Å². The number of piperazine rings is 1. The molecule has 0 spiro atoms. The molecule has 1 aliphatic rings. The number of carbonyl (C=O) groups is 3. The molecule has 2 rings (SSSR count). The van der Waals surface area contributed by atoms with Gasteiger partial charge >= 0.3 is 0 Å². The summed E-state index contributed by atoms with van der Waals surface area (Å²) in [6, 6.07) is 6.49. The Bertz CT molecular complexity index is 620. The van der Waals surface area contributed by atoms with Gasteiger partial charge in [0.25, 0.3) is 0 Å². The summed E-state index contributed by atoms with van der Waals surface area (Å²) in [5.41, 5.74) is 6.23. The summed E-state index contributed by atoms with van der Waals surface area (Å²) in [7, 11) is 0. The number of nitrogens with two attached hydrogens (primary N) is 1. The Labute approximate surface area is 148 Å². The SMILES string of the molecule is CC(C)C(=O)N1CCN(CCC(=O)Nc2ccc(C(N)=O)cc2)CC1. The first kappa shape index (κ1) is 18.9.